The number of rotatable bonds is 10. The molecule has 0 bridgehead atoms. The van der Waals surface area contributed by atoms with Gasteiger partial charge in [0.25, 0.3) is 11.8 Å². The van der Waals surface area contributed by atoms with Crippen LogP contribution in [0.1, 0.15) is 64.8 Å². The first-order valence-electron chi connectivity index (χ1n) is 14.7. The number of anilines is 1. The summed E-state index contributed by atoms with van der Waals surface area (Å²) in [5.41, 5.74) is 2.09. The molecule has 4 rings (SSSR count). The molecule has 2 heterocycles. The molecule has 2 unspecified atom stereocenters. The van der Waals surface area contributed by atoms with Gasteiger partial charge in [0.1, 0.15) is 11.6 Å². The number of likely N-dealkylation sites (N-methyl/N-ethyl adjacent to an activating group) is 1. The third-order valence-corrected chi connectivity index (χ3v) is 8.43. The molecule has 1 saturated heterocycles. The lowest BCUT2D eigenvalue weighted by atomic mass is 10.0. The zero-order valence-corrected chi connectivity index (χ0v) is 24.6. The molecule has 9 heteroatoms. The predicted molar refractivity (Wildman–Crippen MR) is 159 cm³/mol. The van der Waals surface area contributed by atoms with Crippen LogP contribution in [0.5, 0.6) is 5.75 Å². The van der Waals surface area contributed by atoms with Gasteiger partial charge in [0.15, 0.2) is 0 Å². The number of pyridine rings is 1. The molecule has 2 atom stereocenters. The quantitative estimate of drug-likeness (QED) is 0.347. The van der Waals surface area contributed by atoms with Crippen LogP contribution in [0.4, 0.5) is 5.82 Å². The molecule has 2 N–H and O–H groups in total. The lowest BCUT2D eigenvalue weighted by molar-refractivity contribution is 0.0928. The maximum atomic E-state index is 13.1. The molecule has 218 valence electrons. The van der Waals surface area contributed by atoms with Crippen LogP contribution in [-0.2, 0) is 0 Å². The highest BCUT2D eigenvalue weighted by atomic mass is 16.5. The number of piperazine rings is 1. The van der Waals surface area contributed by atoms with E-state index in [4.69, 9.17) is 4.74 Å². The molecule has 2 amide bonds. The molecule has 1 saturated carbocycles. The summed E-state index contributed by atoms with van der Waals surface area (Å²) in [5.74, 6) is 1.43. The molecule has 2 aliphatic rings. The van der Waals surface area contributed by atoms with E-state index < -0.39 is 0 Å². The third kappa shape index (κ3) is 7.95. The molecule has 1 aliphatic heterocycles. The van der Waals surface area contributed by atoms with E-state index in [9.17, 15) is 9.59 Å². The number of benzene rings is 1. The minimum atomic E-state index is -0.0786. The van der Waals surface area contributed by atoms with Crippen LogP contribution in [0.3, 0.4) is 0 Å². The number of ether oxygens (including phenoxy) is 1. The SMILES string of the molecule is COc1cccc(C(=O)NC2CCCCC(N(C)c3ccc(C(=O)NCCCN4CCN(C)CC4)cn3)C2)c1C. The molecule has 9 nitrogen and oxygen atoms in total. The van der Waals surface area contributed by atoms with Crippen molar-refractivity contribution in [3.8, 4) is 5.75 Å². The molecule has 40 heavy (non-hydrogen) atoms. The number of nitrogens with one attached hydrogen (secondary N) is 2. The molecule has 1 aliphatic carbocycles. The first-order chi connectivity index (χ1) is 19.4. The van der Waals surface area contributed by atoms with Crippen molar-refractivity contribution in [2.75, 3.05) is 65.4 Å². The third-order valence-electron chi connectivity index (χ3n) is 8.43. The van der Waals surface area contributed by atoms with E-state index in [2.05, 4.69) is 44.4 Å². The molecule has 0 radical (unpaired) electrons. The molecule has 2 fully saturated rings. The number of hydrogen-bond acceptors (Lipinski definition) is 7. The van der Waals surface area contributed by atoms with E-state index in [0.29, 0.717) is 17.7 Å². The van der Waals surface area contributed by atoms with E-state index >= 15 is 0 Å². The van der Waals surface area contributed by atoms with E-state index in [0.717, 1.165) is 88.4 Å². The van der Waals surface area contributed by atoms with Crippen LogP contribution < -0.4 is 20.3 Å². The average Bonchev–Trinajstić information content (AvgIpc) is 3.21. The van der Waals surface area contributed by atoms with Gasteiger partial charge in [-0.3, -0.25) is 9.59 Å². The number of methoxy groups -OCH3 is 1. The van der Waals surface area contributed by atoms with Crippen LogP contribution in [0, 0.1) is 6.92 Å². The van der Waals surface area contributed by atoms with Crippen molar-refractivity contribution in [3.63, 3.8) is 0 Å². The minimum Gasteiger partial charge on any atom is -0.496 e. The standard InChI is InChI=1S/C31H46N6O3/c1-23-27(11-7-12-28(23)40-4)31(39)34-25-9-5-6-10-26(21-25)36(3)29-14-13-24(22-33-29)30(38)32-15-8-16-37-19-17-35(2)18-20-37/h7,11-14,22,25-26H,5-6,8-10,15-21H2,1-4H3,(H,32,38)(H,34,39). The van der Waals surface area contributed by atoms with Crippen molar-refractivity contribution < 1.29 is 14.3 Å². The summed E-state index contributed by atoms with van der Waals surface area (Å²) in [6, 6.07) is 9.70. The van der Waals surface area contributed by atoms with Gasteiger partial charge in [-0.1, -0.05) is 18.9 Å². The van der Waals surface area contributed by atoms with Gasteiger partial charge in [-0.05, 0) is 70.5 Å². The Labute approximate surface area is 239 Å². The number of hydrogen-bond donors (Lipinski definition) is 2. The smallest absolute Gasteiger partial charge is 0.252 e. The van der Waals surface area contributed by atoms with Crippen molar-refractivity contribution in [3.05, 3.63) is 53.2 Å². The normalized spacial score (nSPS) is 20.4. The van der Waals surface area contributed by atoms with E-state index in [-0.39, 0.29) is 23.9 Å². The van der Waals surface area contributed by atoms with Crippen molar-refractivity contribution >= 4 is 17.6 Å². The number of carbonyl (C=O) groups is 2. The highest BCUT2D eigenvalue weighted by molar-refractivity contribution is 5.96. The first kappa shape index (κ1) is 29.8. The van der Waals surface area contributed by atoms with Gasteiger partial charge >= 0.3 is 0 Å². The maximum absolute atomic E-state index is 13.1. The number of aromatic nitrogens is 1. The Morgan fingerprint density at radius 3 is 2.58 bits per heavy atom. The van der Waals surface area contributed by atoms with Crippen LogP contribution in [0.25, 0.3) is 0 Å². The Morgan fingerprint density at radius 1 is 1.07 bits per heavy atom. The van der Waals surface area contributed by atoms with Gasteiger partial charge in [0, 0.05) is 69.2 Å². The van der Waals surface area contributed by atoms with Crippen LogP contribution in [0.15, 0.2) is 36.5 Å². The van der Waals surface area contributed by atoms with Crippen molar-refractivity contribution in [2.24, 2.45) is 0 Å². The molecule has 1 aromatic carbocycles. The second-order valence-corrected chi connectivity index (χ2v) is 11.2. The molecule has 0 spiro atoms. The predicted octanol–water partition coefficient (Wildman–Crippen LogP) is 3.33. The summed E-state index contributed by atoms with van der Waals surface area (Å²) < 4.78 is 5.39. The lowest BCUT2D eigenvalue weighted by Gasteiger charge is -2.32. The number of nitrogens with zero attached hydrogens (tertiary/aromatic N) is 4. The van der Waals surface area contributed by atoms with Gasteiger partial charge < -0.3 is 30.1 Å². The summed E-state index contributed by atoms with van der Waals surface area (Å²) in [7, 11) is 5.84. The Morgan fingerprint density at radius 2 is 1.85 bits per heavy atom. The van der Waals surface area contributed by atoms with Gasteiger partial charge in [-0.2, -0.15) is 0 Å². The second-order valence-electron chi connectivity index (χ2n) is 11.2. The van der Waals surface area contributed by atoms with Crippen molar-refractivity contribution in [1.29, 1.82) is 0 Å². The minimum absolute atomic E-state index is 0.0540. The fraction of sp³-hybridized carbons (Fsp3) is 0.581. The topological polar surface area (TPSA) is 90.0 Å². The van der Waals surface area contributed by atoms with E-state index in [1.807, 2.05) is 37.3 Å². The molecular formula is C31H46N6O3. The largest absolute Gasteiger partial charge is 0.496 e. The van der Waals surface area contributed by atoms with E-state index in [1.54, 1.807) is 13.3 Å². The highest BCUT2D eigenvalue weighted by Gasteiger charge is 2.26. The zero-order chi connectivity index (χ0) is 28.5. The number of carbonyl (C=O) groups excluding carboxylic acids is 2. The fourth-order valence-corrected chi connectivity index (χ4v) is 5.76. The first-order valence-corrected chi connectivity index (χ1v) is 14.7. The molecule has 1 aromatic heterocycles. The summed E-state index contributed by atoms with van der Waals surface area (Å²) in [5, 5.41) is 6.31. The van der Waals surface area contributed by atoms with Crippen molar-refractivity contribution in [2.45, 2.75) is 57.5 Å². The van der Waals surface area contributed by atoms with Crippen LogP contribution >= 0.6 is 0 Å². The molecular weight excluding hydrogens is 504 g/mol. The van der Waals surface area contributed by atoms with Gasteiger partial charge in [-0.15, -0.1) is 0 Å². The summed E-state index contributed by atoms with van der Waals surface area (Å²) in [6.45, 7) is 8.01. The Balaban J connectivity index is 1.27. The van der Waals surface area contributed by atoms with E-state index in [1.165, 1.54) is 0 Å². The Kier molecular flexibility index (Phi) is 10.8. The monoisotopic (exact) mass is 550 g/mol. The summed E-state index contributed by atoms with van der Waals surface area (Å²) >= 11 is 0. The summed E-state index contributed by atoms with van der Waals surface area (Å²) in [6.07, 6.45) is 7.65. The second kappa shape index (κ2) is 14.5. The number of amides is 2. The molecule has 2 aromatic rings. The Bertz CT molecular complexity index is 1120. The van der Waals surface area contributed by atoms with Gasteiger partial charge in [0.05, 0.1) is 12.7 Å². The zero-order valence-electron chi connectivity index (χ0n) is 24.6. The van der Waals surface area contributed by atoms with Gasteiger partial charge in [-0.25, -0.2) is 4.98 Å². The fourth-order valence-electron chi connectivity index (χ4n) is 5.76. The average molecular weight is 551 g/mol. The van der Waals surface area contributed by atoms with Crippen LogP contribution in [-0.4, -0.2) is 99.2 Å². The Hall–Kier alpha value is -3.17. The summed E-state index contributed by atoms with van der Waals surface area (Å²) in [4.78, 5) is 37.4. The maximum Gasteiger partial charge on any atom is 0.252 e. The van der Waals surface area contributed by atoms with Gasteiger partial charge in [0.2, 0.25) is 0 Å². The highest BCUT2D eigenvalue weighted by Crippen LogP contribution is 2.26. The lowest BCUT2D eigenvalue weighted by Crippen LogP contribution is -2.45. The van der Waals surface area contributed by atoms with Crippen molar-refractivity contribution in [1.82, 2.24) is 25.4 Å². The van der Waals surface area contributed by atoms with Crippen LogP contribution in [0.2, 0.25) is 0 Å².